The van der Waals surface area contributed by atoms with Gasteiger partial charge < -0.3 is 25.6 Å². The summed E-state index contributed by atoms with van der Waals surface area (Å²) in [5.74, 6) is 2.21. The number of aromatic nitrogens is 2. The molecule has 142 valence electrons. The Bertz CT molecular complexity index is 751. The third-order valence-corrected chi connectivity index (χ3v) is 4.25. The maximum atomic E-state index is 9.26. The minimum absolute atomic E-state index is 0.0138. The second kappa shape index (κ2) is 8.91. The first-order valence-corrected chi connectivity index (χ1v) is 8.82. The van der Waals surface area contributed by atoms with Crippen LogP contribution in [0, 0.1) is 0 Å². The van der Waals surface area contributed by atoms with E-state index in [-0.39, 0.29) is 24.4 Å². The summed E-state index contributed by atoms with van der Waals surface area (Å²) < 4.78 is 11.2. The molecule has 1 aromatic carbocycles. The van der Waals surface area contributed by atoms with Crippen LogP contribution >= 0.6 is 11.6 Å². The van der Waals surface area contributed by atoms with Gasteiger partial charge in [0, 0.05) is 11.6 Å². The van der Waals surface area contributed by atoms with E-state index in [2.05, 4.69) is 15.3 Å². The number of anilines is 2. The zero-order valence-electron chi connectivity index (χ0n) is 15.4. The van der Waals surface area contributed by atoms with Crippen LogP contribution in [0.4, 0.5) is 11.8 Å². The topological polar surface area (TPSA) is 103 Å². The van der Waals surface area contributed by atoms with Crippen molar-refractivity contribution in [1.82, 2.24) is 9.97 Å². The molecule has 26 heavy (non-hydrogen) atoms. The fraction of sp³-hybridized carbons (Fsp3) is 0.444. The summed E-state index contributed by atoms with van der Waals surface area (Å²) in [6.45, 7) is 6.03. The number of benzene rings is 1. The molecule has 7 nitrogen and oxygen atoms in total. The fourth-order valence-corrected chi connectivity index (χ4v) is 2.59. The van der Waals surface area contributed by atoms with Gasteiger partial charge in [0.25, 0.3) is 0 Å². The number of hydrogen-bond acceptors (Lipinski definition) is 7. The first-order chi connectivity index (χ1) is 12.4. The number of ether oxygens (including phenoxy) is 2. The zero-order chi connectivity index (χ0) is 19.3. The number of nitrogens with zero attached hydrogens (tertiary/aromatic N) is 2. The van der Waals surface area contributed by atoms with Gasteiger partial charge in [-0.3, -0.25) is 0 Å². The van der Waals surface area contributed by atoms with Crippen LogP contribution in [0.15, 0.2) is 18.3 Å². The fourth-order valence-electron chi connectivity index (χ4n) is 2.36. The number of aliphatic hydroxyl groups excluding tert-OH is 1. The molecule has 2 rings (SSSR count). The van der Waals surface area contributed by atoms with Crippen LogP contribution in [0.25, 0.3) is 0 Å². The highest BCUT2D eigenvalue weighted by molar-refractivity contribution is 6.32. The molecule has 0 aliphatic heterocycles. The van der Waals surface area contributed by atoms with E-state index in [4.69, 9.17) is 26.8 Å². The minimum atomic E-state index is -0.130. The van der Waals surface area contributed by atoms with Crippen molar-refractivity contribution in [2.24, 2.45) is 0 Å². The third kappa shape index (κ3) is 4.68. The monoisotopic (exact) mass is 380 g/mol. The van der Waals surface area contributed by atoms with Gasteiger partial charge in [0.15, 0.2) is 11.6 Å². The standard InChI is InChI=1S/C18H25ClN4O3/c1-5-11(9-24)22-18-21-8-16(17(20)23-18)26-14-7-13(19)15(25-4)6-12(14)10(2)3/h6-8,10-11,24H,5,9H2,1-4H3,(H3,20,21,22,23). The smallest absolute Gasteiger partial charge is 0.225 e. The Kier molecular flexibility index (Phi) is 6.88. The molecule has 0 fully saturated rings. The molecule has 4 N–H and O–H groups in total. The Morgan fingerprint density at radius 2 is 2.00 bits per heavy atom. The number of methoxy groups -OCH3 is 1. The second-order valence-electron chi connectivity index (χ2n) is 6.16. The lowest BCUT2D eigenvalue weighted by atomic mass is 10.0. The zero-order valence-corrected chi connectivity index (χ0v) is 16.2. The summed E-state index contributed by atoms with van der Waals surface area (Å²) in [5, 5.41) is 12.7. The Morgan fingerprint density at radius 3 is 2.54 bits per heavy atom. The van der Waals surface area contributed by atoms with Gasteiger partial charge in [0.05, 0.1) is 31.0 Å². The van der Waals surface area contributed by atoms with Gasteiger partial charge in [-0.15, -0.1) is 0 Å². The predicted octanol–water partition coefficient (Wildman–Crippen LogP) is 3.82. The molecule has 1 unspecified atom stereocenters. The summed E-state index contributed by atoms with van der Waals surface area (Å²) in [7, 11) is 1.57. The predicted molar refractivity (Wildman–Crippen MR) is 103 cm³/mol. The van der Waals surface area contributed by atoms with Gasteiger partial charge in [0.2, 0.25) is 5.95 Å². The van der Waals surface area contributed by atoms with Crippen molar-refractivity contribution in [3.8, 4) is 17.2 Å². The Morgan fingerprint density at radius 1 is 1.27 bits per heavy atom. The van der Waals surface area contributed by atoms with Gasteiger partial charge in [0.1, 0.15) is 11.5 Å². The lowest BCUT2D eigenvalue weighted by molar-refractivity contribution is 0.271. The molecule has 0 aliphatic carbocycles. The maximum absolute atomic E-state index is 9.26. The molecule has 1 atom stereocenters. The van der Waals surface area contributed by atoms with E-state index in [9.17, 15) is 5.11 Å². The number of hydrogen-bond donors (Lipinski definition) is 3. The molecule has 0 amide bonds. The summed E-state index contributed by atoms with van der Waals surface area (Å²) in [4.78, 5) is 8.40. The van der Waals surface area contributed by atoms with E-state index in [0.717, 1.165) is 12.0 Å². The highest BCUT2D eigenvalue weighted by Crippen LogP contribution is 2.39. The molecular weight excluding hydrogens is 356 g/mol. The van der Waals surface area contributed by atoms with Crippen LogP contribution in [0.1, 0.15) is 38.7 Å². The lowest BCUT2D eigenvalue weighted by Gasteiger charge is -2.18. The molecule has 1 heterocycles. The van der Waals surface area contributed by atoms with Gasteiger partial charge in [-0.2, -0.15) is 4.98 Å². The Balaban J connectivity index is 2.29. The van der Waals surface area contributed by atoms with Crippen molar-refractivity contribution in [3.63, 3.8) is 0 Å². The number of aliphatic hydroxyl groups is 1. The summed E-state index contributed by atoms with van der Waals surface area (Å²) >= 11 is 6.23. The van der Waals surface area contributed by atoms with E-state index < -0.39 is 0 Å². The molecule has 0 saturated carbocycles. The third-order valence-electron chi connectivity index (χ3n) is 3.96. The average Bonchev–Trinajstić information content (AvgIpc) is 2.61. The molecule has 0 aliphatic rings. The summed E-state index contributed by atoms with van der Waals surface area (Å²) in [6.07, 6.45) is 2.23. The number of nitrogens with two attached hydrogens (primary N) is 1. The van der Waals surface area contributed by atoms with E-state index in [1.54, 1.807) is 13.2 Å². The van der Waals surface area contributed by atoms with Crippen LogP contribution in [0.3, 0.4) is 0 Å². The summed E-state index contributed by atoms with van der Waals surface area (Å²) in [5.41, 5.74) is 6.94. The quantitative estimate of drug-likeness (QED) is 0.639. The highest BCUT2D eigenvalue weighted by atomic mass is 35.5. The Hall–Kier alpha value is -2.25. The number of nitrogen functional groups attached to an aromatic ring is 1. The highest BCUT2D eigenvalue weighted by Gasteiger charge is 2.16. The Labute approximate surface area is 158 Å². The van der Waals surface area contributed by atoms with Crippen molar-refractivity contribution >= 4 is 23.4 Å². The van der Waals surface area contributed by atoms with Crippen LogP contribution in [0.5, 0.6) is 17.2 Å². The van der Waals surface area contributed by atoms with E-state index in [1.165, 1.54) is 6.20 Å². The van der Waals surface area contributed by atoms with Gasteiger partial charge in [-0.1, -0.05) is 32.4 Å². The van der Waals surface area contributed by atoms with Crippen LogP contribution in [-0.2, 0) is 0 Å². The minimum Gasteiger partial charge on any atom is -0.495 e. The molecule has 0 radical (unpaired) electrons. The van der Waals surface area contributed by atoms with Crippen molar-refractivity contribution in [1.29, 1.82) is 0 Å². The van der Waals surface area contributed by atoms with E-state index in [1.807, 2.05) is 26.8 Å². The van der Waals surface area contributed by atoms with Crippen LogP contribution < -0.4 is 20.5 Å². The molecular formula is C18H25ClN4O3. The molecule has 1 aromatic heterocycles. The SMILES string of the molecule is CCC(CO)Nc1ncc(Oc2cc(Cl)c(OC)cc2C(C)C)c(N)n1. The number of rotatable bonds is 8. The van der Waals surface area contributed by atoms with Crippen LogP contribution in [-0.4, -0.2) is 34.8 Å². The lowest BCUT2D eigenvalue weighted by Crippen LogP contribution is -2.24. The second-order valence-corrected chi connectivity index (χ2v) is 6.56. The average molecular weight is 381 g/mol. The van der Waals surface area contributed by atoms with Gasteiger partial charge >= 0.3 is 0 Å². The number of halogens is 1. The molecule has 0 saturated heterocycles. The molecule has 2 aromatic rings. The largest absolute Gasteiger partial charge is 0.495 e. The van der Waals surface area contributed by atoms with E-state index in [0.29, 0.717) is 28.2 Å². The first-order valence-electron chi connectivity index (χ1n) is 8.44. The molecule has 8 heteroatoms. The molecule has 0 bridgehead atoms. The van der Waals surface area contributed by atoms with Gasteiger partial charge in [-0.25, -0.2) is 4.98 Å². The van der Waals surface area contributed by atoms with Crippen molar-refractivity contribution in [2.45, 2.75) is 39.2 Å². The van der Waals surface area contributed by atoms with Crippen molar-refractivity contribution < 1.29 is 14.6 Å². The first kappa shape index (κ1) is 20.1. The summed E-state index contributed by atoms with van der Waals surface area (Å²) in [6, 6.07) is 3.41. The van der Waals surface area contributed by atoms with Crippen LogP contribution in [0.2, 0.25) is 5.02 Å². The van der Waals surface area contributed by atoms with E-state index >= 15 is 0 Å². The van der Waals surface area contributed by atoms with Crippen molar-refractivity contribution in [2.75, 3.05) is 24.8 Å². The molecule has 0 spiro atoms. The number of nitrogens with one attached hydrogen (secondary N) is 1. The van der Waals surface area contributed by atoms with Gasteiger partial charge in [-0.05, 0) is 18.4 Å². The maximum Gasteiger partial charge on any atom is 0.225 e. The normalized spacial score (nSPS) is 12.1. The van der Waals surface area contributed by atoms with Crippen molar-refractivity contribution in [3.05, 3.63) is 28.9 Å².